The van der Waals surface area contributed by atoms with E-state index in [1.54, 1.807) is 0 Å². The lowest BCUT2D eigenvalue weighted by molar-refractivity contribution is 0.542. The zero-order valence-corrected chi connectivity index (χ0v) is 13.9. The van der Waals surface area contributed by atoms with Crippen molar-refractivity contribution in [2.24, 2.45) is 0 Å². The maximum atomic E-state index is 4.52. The van der Waals surface area contributed by atoms with Crippen molar-refractivity contribution < 1.29 is 0 Å². The average molecular weight is 333 g/mol. The number of nitrogens with zero attached hydrogens (tertiary/aromatic N) is 1. The van der Waals surface area contributed by atoms with Crippen LogP contribution in [0.2, 0.25) is 0 Å². The van der Waals surface area contributed by atoms with Gasteiger partial charge in [-0.05, 0) is 49.2 Å². The first kappa shape index (κ1) is 15.2. The largest absolute Gasteiger partial charge is 0.310 e. The number of aromatic nitrogens is 1. The molecular weight excluding hydrogens is 312 g/mol. The van der Waals surface area contributed by atoms with Gasteiger partial charge in [0, 0.05) is 28.8 Å². The molecule has 0 saturated carbocycles. The van der Waals surface area contributed by atoms with E-state index in [0.29, 0.717) is 0 Å². The number of rotatable bonds is 5. The van der Waals surface area contributed by atoms with Gasteiger partial charge in [0.15, 0.2) is 0 Å². The van der Waals surface area contributed by atoms with Gasteiger partial charge >= 0.3 is 0 Å². The lowest BCUT2D eigenvalue weighted by Crippen LogP contribution is -2.23. The van der Waals surface area contributed by atoms with Crippen LogP contribution in [0.1, 0.15) is 35.3 Å². The Bertz CT molecular complexity index is 564. The van der Waals surface area contributed by atoms with E-state index in [-0.39, 0.29) is 6.04 Å². The molecule has 1 N–H and O–H groups in total. The summed E-state index contributed by atoms with van der Waals surface area (Å²) in [5.41, 5.74) is 4.88. The molecule has 0 aliphatic heterocycles. The van der Waals surface area contributed by atoms with E-state index in [0.717, 1.165) is 23.1 Å². The number of likely N-dealkylation sites (N-methyl/N-ethyl adjacent to an activating group) is 1. The van der Waals surface area contributed by atoms with Crippen LogP contribution < -0.4 is 5.32 Å². The molecule has 3 heteroatoms. The van der Waals surface area contributed by atoms with Crippen molar-refractivity contribution in [1.29, 1.82) is 0 Å². The molecule has 20 heavy (non-hydrogen) atoms. The van der Waals surface area contributed by atoms with Crippen LogP contribution in [0.15, 0.2) is 41.0 Å². The van der Waals surface area contributed by atoms with Crippen LogP contribution in [0.25, 0.3) is 0 Å². The molecule has 1 unspecified atom stereocenters. The molecule has 2 aromatic rings. The summed E-state index contributed by atoms with van der Waals surface area (Å²) in [6, 6.07) is 11.0. The fourth-order valence-corrected chi connectivity index (χ4v) is 3.05. The summed E-state index contributed by atoms with van der Waals surface area (Å²) in [5.74, 6) is 0. The molecule has 1 atom stereocenters. The van der Waals surface area contributed by atoms with Crippen LogP contribution in [0.5, 0.6) is 0 Å². The molecule has 1 aromatic carbocycles. The molecule has 2 rings (SSSR count). The Balaban J connectivity index is 2.24. The summed E-state index contributed by atoms with van der Waals surface area (Å²) in [5, 5.41) is 3.55. The van der Waals surface area contributed by atoms with Crippen LogP contribution >= 0.6 is 15.9 Å². The van der Waals surface area contributed by atoms with Crippen molar-refractivity contribution in [1.82, 2.24) is 10.3 Å². The minimum absolute atomic E-state index is 0.283. The third-order valence-corrected chi connectivity index (χ3v) is 4.05. The van der Waals surface area contributed by atoms with Gasteiger partial charge in [-0.1, -0.05) is 41.1 Å². The number of halogens is 1. The highest BCUT2D eigenvalue weighted by molar-refractivity contribution is 9.10. The van der Waals surface area contributed by atoms with Crippen LogP contribution in [-0.2, 0) is 6.42 Å². The Morgan fingerprint density at radius 3 is 2.50 bits per heavy atom. The van der Waals surface area contributed by atoms with E-state index in [4.69, 9.17) is 0 Å². The van der Waals surface area contributed by atoms with E-state index in [1.807, 2.05) is 6.20 Å². The average Bonchev–Trinajstić information content (AvgIpc) is 2.41. The zero-order chi connectivity index (χ0) is 14.5. The molecule has 2 nitrogen and oxygen atoms in total. The molecule has 0 amide bonds. The highest BCUT2D eigenvalue weighted by Gasteiger charge is 2.14. The molecule has 1 heterocycles. The maximum Gasteiger partial charge on any atom is 0.0422 e. The van der Waals surface area contributed by atoms with Crippen molar-refractivity contribution in [3.05, 3.63) is 63.4 Å². The lowest BCUT2D eigenvalue weighted by atomic mass is 10.00. The fourth-order valence-electron chi connectivity index (χ4n) is 2.28. The van der Waals surface area contributed by atoms with Crippen molar-refractivity contribution in [3.63, 3.8) is 0 Å². The van der Waals surface area contributed by atoms with Crippen LogP contribution in [-0.4, -0.2) is 11.5 Å². The lowest BCUT2D eigenvalue weighted by Gasteiger charge is -2.20. The number of nitrogens with one attached hydrogen (secondary N) is 1. The minimum Gasteiger partial charge on any atom is -0.310 e. The summed E-state index contributed by atoms with van der Waals surface area (Å²) in [4.78, 5) is 4.52. The molecule has 0 saturated heterocycles. The van der Waals surface area contributed by atoms with Gasteiger partial charge in [-0.3, -0.25) is 4.98 Å². The first-order valence-corrected chi connectivity index (χ1v) is 7.80. The summed E-state index contributed by atoms with van der Waals surface area (Å²) in [6.45, 7) is 7.25. The second-order valence-corrected chi connectivity index (χ2v) is 6.02. The van der Waals surface area contributed by atoms with Gasteiger partial charge in [0.25, 0.3) is 0 Å². The number of pyridine rings is 1. The third kappa shape index (κ3) is 3.90. The second kappa shape index (κ2) is 7.00. The topological polar surface area (TPSA) is 24.9 Å². The van der Waals surface area contributed by atoms with Crippen molar-refractivity contribution in [3.8, 4) is 0 Å². The number of hydrogen-bond donors (Lipinski definition) is 1. The fraction of sp³-hybridized carbons (Fsp3) is 0.353. The molecule has 1 aromatic heterocycles. The summed E-state index contributed by atoms with van der Waals surface area (Å²) in [6.07, 6.45) is 2.83. The molecule has 0 fully saturated rings. The molecule has 0 aliphatic rings. The quantitative estimate of drug-likeness (QED) is 0.880. The smallest absolute Gasteiger partial charge is 0.0422 e. The number of aryl methyl sites for hydroxylation is 2. The zero-order valence-electron chi connectivity index (χ0n) is 12.3. The predicted molar refractivity (Wildman–Crippen MR) is 88.0 cm³/mol. The van der Waals surface area contributed by atoms with Crippen molar-refractivity contribution in [2.45, 2.75) is 33.2 Å². The molecule has 106 valence electrons. The normalized spacial score (nSPS) is 12.4. The first-order valence-electron chi connectivity index (χ1n) is 7.01. The van der Waals surface area contributed by atoms with Gasteiger partial charge in [0.05, 0.1) is 0 Å². The molecule has 0 aliphatic carbocycles. The maximum absolute atomic E-state index is 4.52. The minimum atomic E-state index is 0.283. The highest BCUT2D eigenvalue weighted by atomic mass is 79.9. The highest BCUT2D eigenvalue weighted by Crippen LogP contribution is 2.26. The van der Waals surface area contributed by atoms with Gasteiger partial charge in [-0.25, -0.2) is 0 Å². The van der Waals surface area contributed by atoms with Crippen LogP contribution in [0.3, 0.4) is 0 Å². The molecular formula is C17H21BrN2. The molecule has 0 spiro atoms. The Kier molecular flexibility index (Phi) is 5.32. The standard InChI is InChI=1S/C17H21BrN2/c1-4-19-17(10-14-7-5-13(3)11-20-14)15-8-6-12(2)9-16(15)18/h5-9,11,17,19H,4,10H2,1-3H3. The summed E-state index contributed by atoms with van der Waals surface area (Å²) < 4.78 is 1.16. The van der Waals surface area contributed by atoms with E-state index in [1.165, 1.54) is 16.7 Å². The SMILES string of the molecule is CCNC(Cc1ccc(C)cn1)c1ccc(C)cc1Br. The van der Waals surface area contributed by atoms with E-state index in [9.17, 15) is 0 Å². The van der Waals surface area contributed by atoms with Gasteiger partial charge < -0.3 is 5.32 Å². The van der Waals surface area contributed by atoms with Gasteiger partial charge in [0.2, 0.25) is 0 Å². The Morgan fingerprint density at radius 1 is 1.15 bits per heavy atom. The van der Waals surface area contributed by atoms with Crippen molar-refractivity contribution >= 4 is 15.9 Å². The number of hydrogen-bond acceptors (Lipinski definition) is 2. The van der Waals surface area contributed by atoms with E-state index >= 15 is 0 Å². The molecule has 0 bridgehead atoms. The molecule has 0 radical (unpaired) electrons. The van der Waals surface area contributed by atoms with E-state index < -0.39 is 0 Å². The van der Waals surface area contributed by atoms with Crippen LogP contribution in [0, 0.1) is 13.8 Å². The number of benzene rings is 1. The predicted octanol–water partition coefficient (Wildman–Crippen LogP) is 4.35. The Morgan fingerprint density at radius 2 is 1.90 bits per heavy atom. The van der Waals surface area contributed by atoms with Gasteiger partial charge in [-0.15, -0.1) is 0 Å². The summed E-state index contributed by atoms with van der Waals surface area (Å²) >= 11 is 3.68. The van der Waals surface area contributed by atoms with Crippen LogP contribution in [0.4, 0.5) is 0 Å². The summed E-state index contributed by atoms with van der Waals surface area (Å²) in [7, 11) is 0. The van der Waals surface area contributed by atoms with Gasteiger partial charge in [-0.2, -0.15) is 0 Å². The monoisotopic (exact) mass is 332 g/mol. The van der Waals surface area contributed by atoms with Crippen molar-refractivity contribution in [2.75, 3.05) is 6.54 Å². The van der Waals surface area contributed by atoms with Gasteiger partial charge in [0.1, 0.15) is 0 Å². The Labute approximate surface area is 129 Å². The van der Waals surface area contributed by atoms with E-state index in [2.05, 4.69) is 77.3 Å². The third-order valence-electron chi connectivity index (χ3n) is 3.37. The first-order chi connectivity index (χ1) is 9.60. The Hall–Kier alpha value is -1.19. The second-order valence-electron chi connectivity index (χ2n) is 5.17.